The minimum atomic E-state index is -0.667. The molecule has 3 N–H and O–H groups in total. The summed E-state index contributed by atoms with van der Waals surface area (Å²) in [6, 6.07) is 11.5. The second kappa shape index (κ2) is 10.1. The smallest absolute Gasteiger partial charge is 0.287 e. The molecule has 30 heavy (non-hydrogen) atoms. The zero-order valence-corrected chi connectivity index (χ0v) is 17.1. The summed E-state index contributed by atoms with van der Waals surface area (Å²) in [6.07, 6.45) is 4.30. The molecule has 1 aromatic heterocycles. The Morgan fingerprint density at radius 2 is 1.87 bits per heavy atom. The van der Waals surface area contributed by atoms with Crippen LogP contribution in [-0.2, 0) is 4.79 Å². The standard InChI is InChI=1S/C23H27N3O4/c1-15(27)14-25-23(29)21(18-5-3-2-4-6-18)26-22(28)20-12-11-19(30-20)17-9-7-16(13-24)8-10-17/h7-12,15,18,21,27H,2-6,14H2,1H3,(H,25,29)(H,26,28). The second-order valence-electron chi connectivity index (χ2n) is 7.80. The molecule has 158 valence electrons. The van der Waals surface area contributed by atoms with Gasteiger partial charge in [0.2, 0.25) is 5.91 Å². The van der Waals surface area contributed by atoms with Crippen LogP contribution in [0.25, 0.3) is 11.3 Å². The number of aliphatic hydroxyl groups excluding tert-OH is 1. The lowest BCUT2D eigenvalue weighted by molar-refractivity contribution is -0.125. The third-order valence-electron chi connectivity index (χ3n) is 5.39. The molecule has 3 rings (SSSR count). The number of carbonyl (C=O) groups excluding carboxylic acids is 2. The Kier molecular flexibility index (Phi) is 7.26. The van der Waals surface area contributed by atoms with E-state index in [0.29, 0.717) is 11.3 Å². The summed E-state index contributed by atoms with van der Waals surface area (Å²) < 4.78 is 5.70. The van der Waals surface area contributed by atoms with E-state index in [1.54, 1.807) is 43.3 Å². The van der Waals surface area contributed by atoms with E-state index in [1.807, 2.05) is 0 Å². The zero-order valence-electron chi connectivity index (χ0n) is 17.1. The summed E-state index contributed by atoms with van der Waals surface area (Å²) in [7, 11) is 0. The predicted molar refractivity (Wildman–Crippen MR) is 111 cm³/mol. The van der Waals surface area contributed by atoms with Crippen LogP contribution in [0.15, 0.2) is 40.8 Å². The maximum absolute atomic E-state index is 12.8. The summed E-state index contributed by atoms with van der Waals surface area (Å²) in [5, 5.41) is 23.9. The Morgan fingerprint density at radius 1 is 1.17 bits per heavy atom. The first-order chi connectivity index (χ1) is 14.5. The fourth-order valence-corrected chi connectivity index (χ4v) is 3.76. The average molecular weight is 409 g/mol. The van der Waals surface area contributed by atoms with Gasteiger partial charge in [-0.15, -0.1) is 0 Å². The van der Waals surface area contributed by atoms with Crippen LogP contribution in [0, 0.1) is 17.2 Å². The van der Waals surface area contributed by atoms with Crippen LogP contribution in [0.2, 0.25) is 0 Å². The Morgan fingerprint density at radius 3 is 2.50 bits per heavy atom. The number of amides is 2. The summed E-state index contributed by atoms with van der Waals surface area (Å²) in [5.41, 5.74) is 1.30. The minimum Gasteiger partial charge on any atom is -0.451 e. The molecular formula is C23H27N3O4. The van der Waals surface area contributed by atoms with Crippen molar-refractivity contribution in [3.63, 3.8) is 0 Å². The van der Waals surface area contributed by atoms with Crippen LogP contribution in [-0.4, -0.2) is 35.6 Å². The minimum absolute atomic E-state index is 0.0599. The summed E-state index contributed by atoms with van der Waals surface area (Å²) >= 11 is 0. The van der Waals surface area contributed by atoms with Gasteiger partial charge in [-0.25, -0.2) is 0 Å². The number of nitrogens with zero attached hydrogens (tertiary/aromatic N) is 1. The fraction of sp³-hybridized carbons (Fsp3) is 0.435. The highest BCUT2D eigenvalue weighted by molar-refractivity contribution is 5.96. The Bertz CT molecular complexity index is 905. The number of hydrogen-bond donors (Lipinski definition) is 3. The van der Waals surface area contributed by atoms with Crippen LogP contribution in [0.3, 0.4) is 0 Å². The first-order valence-electron chi connectivity index (χ1n) is 10.3. The summed E-state index contributed by atoms with van der Waals surface area (Å²) in [6.45, 7) is 1.74. The van der Waals surface area contributed by atoms with Crippen molar-refractivity contribution in [1.29, 1.82) is 5.26 Å². The van der Waals surface area contributed by atoms with Crippen LogP contribution in [0.4, 0.5) is 0 Å². The SMILES string of the molecule is CC(O)CNC(=O)C(NC(=O)c1ccc(-c2ccc(C#N)cc2)o1)C1CCCCC1. The molecule has 1 saturated carbocycles. The lowest BCUT2D eigenvalue weighted by atomic mass is 9.83. The number of nitrogens with one attached hydrogen (secondary N) is 2. The molecule has 1 heterocycles. The van der Waals surface area contributed by atoms with Gasteiger partial charge in [-0.05, 0) is 62.1 Å². The molecule has 2 atom stereocenters. The Labute approximate surface area is 176 Å². The molecule has 1 aromatic carbocycles. The maximum Gasteiger partial charge on any atom is 0.287 e. The molecule has 0 radical (unpaired) electrons. The van der Waals surface area contributed by atoms with E-state index in [2.05, 4.69) is 16.7 Å². The molecule has 0 bridgehead atoms. The number of aliphatic hydroxyl groups is 1. The van der Waals surface area contributed by atoms with E-state index in [9.17, 15) is 14.7 Å². The van der Waals surface area contributed by atoms with Gasteiger partial charge < -0.3 is 20.2 Å². The largest absolute Gasteiger partial charge is 0.451 e. The third-order valence-corrected chi connectivity index (χ3v) is 5.39. The Balaban J connectivity index is 1.72. The van der Waals surface area contributed by atoms with Gasteiger partial charge >= 0.3 is 0 Å². The van der Waals surface area contributed by atoms with Crippen LogP contribution < -0.4 is 10.6 Å². The quantitative estimate of drug-likeness (QED) is 0.650. The normalized spacial score (nSPS) is 16.3. The predicted octanol–water partition coefficient (Wildman–Crippen LogP) is 2.99. The van der Waals surface area contributed by atoms with Gasteiger partial charge in [0.1, 0.15) is 11.8 Å². The number of benzene rings is 1. The molecule has 0 spiro atoms. The first kappa shape index (κ1) is 21.6. The van der Waals surface area contributed by atoms with Gasteiger partial charge in [-0.1, -0.05) is 19.3 Å². The molecule has 2 amide bonds. The molecule has 2 unspecified atom stereocenters. The second-order valence-corrected chi connectivity index (χ2v) is 7.80. The lowest BCUT2D eigenvalue weighted by Crippen LogP contribution is -2.52. The topological polar surface area (TPSA) is 115 Å². The number of hydrogen-bond acceptors (Lipinski definition) is 5. The number of carbonyl (C=O) groups is 2. The van der Waals surface area contributed by atoms with E-state index in [1.165, 1.54) is 0 Å². The van der Waals surface area contributed by atoms with Crippen molar-refractivity contribution in [2.24, 2.45) is 5.92 Å². The molecule has 1 fully saturated rings. The van der Waals surface area contributed by atoms with E-state index in [4.69, 9.17) is 9.68 Å². The van der Waals surface area contributed by atoms with Gasteiger partial charge in [0.25, 0.3) is 5.91 Å². The highest BCUT2D eigenvalue weighted by atomic mass is 16.4. The van der Waals surface area contributed by atoms with E-state index in [-0.39, 0.29) is 24.1 Å². The van der Waals surface area contributed by atoms with Gasteiger partial charge in [0, 0.05) is 12.1 Å². The Hall–Kier alpha value is -3.11. The van der Waals surface area contributed by atoms with Crippen molar-refractivity contribution in [1.82, 2.24) is 10.6 Å². The molecule has 7 heteroatoms. The number of furan rings is 1. The van der Waals surface area contributed by atoms with Crippen LogP contribution in [0.1, 0.15) is 55.1 Å². The molecule has 1 aliphatic carbocycles. The monoisotopic (exact) mass is 409 g/mol. The van der Waals surface area contributed by atoms with Gasteiger partial charge in [-0.3, -0.25) is 9.59 Å². The van der Waals surface area contributed by atoms with Crippen molar-refractivity contribution in [3.8, 4) is 17.4 Å². The molecule has 1 aliphatic rings. The molecule has 7 nitrogen and oxygen atoms in total. The highest BCUT2D eigenvalue weighted by Gasteiger charge is 2.31. The van der Waals surface area contributed by atoms with Crippen molar-refractivity contribution >= 4 is 11.8 Å². The third kappa shape index (κ3) is 5.49. The fourth-order valence-electron chi connectivity index (χ4n) is 3.76. The first-order valence-corrected chi connectivity index (χ1v) is 10.3. The van der Waals surface area contributed by atoms with Crippen LogP contribution in [0.5, 0.6) is 0 Å². The van der Waals surface area contributed by atoms with Gasteiger partial charge in [0.15, 0.2) is 5.76 Å². The van der Waals surface area contributed by atoms with Gasteiger partial charge in [-0.2, -0.15) is 5.26 Å². The number of nitriles is 1. The zero-order chi connectivity index (χ0) is 21.5. The van der Waals surface area contributed by atoms with Gasteiger partial charge in [0.05, 0.1) is 17.7 Å². The van der Waals surface area contributed by atoms with E-state index in [0.717, 1.165) is 37.7 Å². The molecular weight excluding hydrogens is 382 g/mol. The number of rotatable bonds is 7. The van der Waals surface area contributed by atoms with Crippen molar-refractivity contribution < 1.29 is 19.1 Å². The maximum atomic E-state index is 12.8. The van der Waals surface area contributed by atoms with E-state index >= 15 is 0 Å². The highest BCUT2D eigenvalue weighted by Crippen LogP contribution is 2.27. The lowest BCUT2D eigenvalue weighted by Gasteiger charge is -2.30. The van der Waals surface area contributed by atoms with E-state index < -0.39 is 18.1 Å². The van der Waals surface area contributed by atoms with Crippen molar-refractivity contribution in [2.75, 3.05) is 6.54 Å². The van der Waals surface area contributed by atoms with Crippen LogP contribution >= 0.6 is 0 Å². The van der Waals surface area contributed by atoms with Crippen molar-refractivity contribution in [2.45, 2.75) is 51.2 Å². The average Bonchev–Trinajstić information content (AvgIpc) is 3.27. The molecule has 2 aromatic rings. The molecule has 0 aliphatic heterocycles. The molecule has 0 saturated heterocycles. The van der Waals surface area contributed by atoms with Crippen molar-refractivity contribution in [3.05, 3.63) is 47.7 Å². The summed E-state index contributed by atoms with van der Waals surface area (Å²) in [4.78, 5) is 25.5. The summed E-state index contributed by atoms with van der Waals surface area (Å²) in [5.74, 6) is -0.0340.